The lowest BCUT2D eigenvalue weighted by Gasteiger charge is -2.26. The van der Waals surface area contributed by atoms with E-state index >= 15 is 0 Å². The number of hydrogen-bond donors (Lipinski definition) is 1. The molecule has 31 heavy (non-hydrogen) atoms. The van der Waals surface area contributed by atoms with E-state index in [2.05, 4.69) is 5.32 Å². The van der Waals surface area contributed by atoms with Crippen molar-refractivity contribution in [2.24, 2.45) is 0 Å². The fraction of sp³-hybridized carbons (Fsp3) is 0.350. The van der Waals surface area contributed by atoms with E-state index in [4.69, 9.17) is 4.74 Å². The van der Waals surface area contributed by atoms with Crippen LogP contribution in [0.25, 0.3) is 0 Å². The van der Waals surface area contributed by atoms with E-state index < -0.39 is 26.0 Å². The molecule has 3 rings (SSSR count). The molecule has 0 aliphatic carbocycles. The van der Waals surface area contributed by atoms with Gasteiger partial charge in [-0.25, -0.2) is 16.8 Å². The number of rotatable bonds is 7. The van der Waals surface area contributed by atoms with E-state index in [0.29, 0.717) is 32.0 Å². The Morgan fingerprint density at radius 1 is 0.968 bits per heavy atom. The van der Waals surface area contributed by atoms with Crippen molar-refractivity contribution < 1.29 is 26.4 Å². The summed E-state index contributed by atoms with van der Waals surface area (Å²) < 4.78 is 58.0. The second-order valence-electron chi connectivity index (χ2n) is 7.16. The van der Waals surface area contributed by atoms with Gasteiger partial charge in [-0.05, 0) is 43.3 Å². The molecule has 11 heteroatoms. The van der Waals surface area contributed by atoms with Gasteiger partial charge < -0.3 is 10.1 Å². The SMILES string of the molecule is Cc1ccc(S(=O)(=O)N(C)CC(=O)Nc2ccc(S(=O)(=O)N3CCOCC3)cc2)cc1. The lowest BCUT2D eigenvalue weighted by molar-refractivity contribution is -0.116. The number of anilines is 1. The van der Waals surface area contributed by atoms with Gasteiger partial charge in [0.1, 0.15) is 0 Å². The van der Waals surface area contributed by atoms with Crippen molar-refractivity contribution in [2.75, 3.05) is 45.2 Å². The summed E-state index contributed by atoms with van der Waals surface area (Å²) in [6.07, 6.45) is 0. The molecular formula is C20H25N3O6S2. The molecule has 0 atom stereocenters. The predicted molar refractivity (Wildman–Crippen MR) is 116 cm³/mol. The molecule has 1 amide bonds. The van der Waals surface area contributed by atoms with Crippen LogP contribution in [0.1, 0.15) is 5.56 Å². The summed E-state index contributed by atoms with van der Waals surface area (Å²) in [4.78, 5) is 12.5. The van der Waals surface area contributed by atoms with E-state index in [1.54, 1.807) is 12.1 Å². The van der Waals surface area contributed by atoms with Gasteiger partial charge in [0.05, 0.1) is 29.5 Å². The number of likely N-dealkylation sites (N-methyl/N-ethyl adjacent to an activating group) is 1. The average molecular weight is 468 g/mol. The fourth-order valence-corrected chi connectivity index (χ4v) is 5.56. The molecule has 1 saturated heterocycles. The minimum absolute atomic E-state index is 0.103. The van der Waals surface area contributed by atoms with Gasteiger partial charge in [0.2, 0.25) is 26.0 Å². The summed E-state index contributed by atoms with van der Waals surface area (Å²) in [5.41, 5.74) is 1.30. The van der Waals surface area contributed by atoms with Crippen molar-refractivity contribution in [3.63, 3.8) is 0 Å². The third kappa shape index (κ3) is 5.49. The standard InChI is InChI=1S/C20H25N3O6S2/c1-16-3-7-18(8-4-16)30(25,26)22(2)15-20(24)21-17-5-9-19(10-6-17)31(27,28)23-11-13-29-14-12-23/h3-10H,11-15H2,1-2H3,(H,21,24). The maximum atomic E-state index is 12.6. The van der Waals surface area contributed by atoms with Crippen molar-refractivity contribution in [3.05, 3.63) is 54.1 Å². The van der Waals surface area contributed by atoms with Gasteiger partial charge in [0.25, 0.3) is 0 Å². The molecule has 2 aromatic carbocycles. The lowest BCUT2D eigenvalue weighted by Crippen LogP contribution is -2.40. The summed E-state index contributed by atoms with van der Waals surface area (Å²) in [7, 11) is -6.10. The van der Waals surface area contributed by atoms with E-state index in [-0.39, 0.29) is 16.3 Å². The predicted octanol–water partition coefficient (Wildman–Crippen LogP) is 1.28. The van der Waals surface area contributed by atoms with Crippen molar-refractivity contribution in [2.45, 2.75) is 16.7 Å². The van der Waals surface area contributed by atoms with E-state index in [1.807, 2.05) is 6.92 Å². The Hall–Kier alpha value is -2.31. The van der Waals surface area contributed by atoms with Gasteiger partial charge in [-0.2, -0.15) is 8.61 Å². The second kappa shape index (κ2) is 9.45. The number of nitrogens with one attached hydrogen (secondary N) is 1. The number of morpholine rings is 1. The Kier molecular flexibility index (Phi) is 7.12. The van der Waals surface area contributed by atoms with Crippen LogP contribution >= 0.6 is 0 Å². The van der Waals surface area contributed by atoms with Crippen LogP contribution in [0.4, 0.5) is 5.69 Å². The van der Waals surface area contributed by atoms with Gasteiger partial charge in [0.15, 0.2) is 0 Å². The molecule has 0 radical (unpaired) electrons. The summed E-state index contributed by atoms with van der Waals surface area (Å²) in [6.45, 7) is 2.76. The van der Waals surface area contributed by atoms with Crippen LogP contribution in [-0.2, 0) is 29.6 Å². The molecular weight excluding hydrogens is 442 g/mol. The molecule has 0 spiro atoms. The molecule has 0 bridgehead atoms. The highest BCUT2D eigenvalue weighted by molar-refractivity contribution is 7.89. The Bertz CT molecular complexity index is 1120. The van der Waals surface area contributed by atoms with Crippen molar-refractivity contribution in [3.8, 4) is 0 Å². The summed E-state index contributed by atoms with van der Waals surface area (Å²) in [6, 6.07) is 12.1. The first-order valence-electron chi connectivity index (χ1n) is 9.61. The first kappa shape index (κ1) is 23.4. The fourth-order valence-electron chi connectivity index (χ4n) is 3.02. The van der Waals surface area contributed by atoms with Crippen molar-refractivity contribution in [1.29, 1.82) is 0 Å². The average Bonchev–Trinajstić information content (AvgIpc) is 2.75. The van der Waals surface area contributed by atoms with E-state index in [9.17, 15) is 21.6 Å². The van der Waals surface area contributed by atoms with Gasteiger partial charge in [-0.1, -0.05) is 17.7 Å². The van der Waals surface area contributed by atoms with Crippen molar-refractivity contribution >= 4 is 31.6 Å². The number of benzene rings is 2. The second-order valence-corrected chi connectivity index (χ2v) is 11.1. The Labute approximate surface area is 182 Å². The largest absolute Gasteiger partial charge is 0.379 e. The van der Waals surface area contributed by atoms with Gasteiger partial charge in [-0.3, -0.25) is 4.79 Å². The number of carbonyl (C=O) groups is 1. The highest BCUT2D eigenvalue weighted by Crippen LogP contribution is 2.20. The molecule has 1 N–H and O–H groups in total. The smallest absolute Gasteiger partial charge is 0.243 e. The van der Waals surface area contributed by atoms with Gasteiger partial charge in [0, 0.05) is 25.8 Å². The molecule has 0 saturated carbocycles. The van der Waals surface area contributed by atoms with Crippen molar-refractivity contribution in [1.82, 2.24) is 8.61 Å². The molecule has 0 unspecified atom stereocenters. The zero-order valence-corrected chi connectivity index (χ0v) is 18.9. The van der Waals surface area contributed by atoms with Crippen LogP contribution in [0.2, 0.25) is 0 Å². The minimum atomic E-state index is -3.80. The van der Waals surface area contributed by atoms with Crippen LogP contribution in [0.5, 0.6) is 0 Å². The number of hydrogen-bond acceptors (Lipinski definition) is 6. The zero-order valence-electron chi connectivity index (χ0n) is 17.3. The Balaban J connectivity index is 1.63. The van der Waals surface area contributed by atoms with Gasteiger partial charge >= 0.3 is 0 Å². The van der Waals surface area contributed by atoms with Gasteiger partial charge in [-0.15, -0.1) is 0 Å². The lowest BCUT2D eigenvalue weighted by atomic mass is 10.2. The number of carbonyl (C=O) groups excluding carboxylic acids is 1. The Morgan fingerprint density at radius 3 is 2.10 bits per heavy atom. The minimum Gasteiger partial charge on any atom is -0.379 e. The number of amides is 1. The Morgan fingerprint density at radius 2 is 1.52 bits per heavy atom. The first-order chi connectivity index (χ1) is 14.6. The van der Waals surface area contributed by atoms with Crippen LogP contribution in [-0.4, -0.2) is 71.2 Å². The third-order valence-corrected chi connectivity index (χ3v) is 8.57. The number of sulfonamides is 2. The quantitative estimate of drug-likeness (QED) is 0.656. The number of nitrogens with zero attached hydrogens (tertiary/aromatic N) is 2. The summed E-state index contributed by atoms with van der Waals surface area (Å²) >= 11 is 0. The maximum absolute atomic E-state index is 12.6. The first-order valence-corrected chi connectivity index (χ1v) is 12.5. The zero-order chi connectivity index (χ0) is 22.6. The molecule has 1 aliphatic rings. The molecule has 1 fully saturated rings. The topological polar surface area (TPSA) is 113 Å². The van der Waals surface area contributed by atoms with Crippen LogP contribution in [0, 0.1) is 6.92 Å². The van der Waals surface area contributed by atoms with E-state index in [1.165, 1.54) is 47.8 Å². The van der Waals surface area contributed by atoms with Crippen LogP contribution < -0.4 is 5.32 Å². The third-order valence-electron chi connectivity index (χ3n) is 4.84. The monoisotopic (exact) mass is 467 g/mol. The highest BCUT2D eigenvalue weighted by atomic mass is 32.2. The highest BCUT2D eigenvalue weighted by Gasteiger charge is 2.26. The molecule has 168 valence electrons. The summed E-state index contributed by atoms with van der Waals surface area (Å²) in [5, 5.41) is 2.59. The van der Waals surface area contributed by atoms with Crippen LogP contribution in [0.15, 0.2) is 58.3 Å². The van der Waals surface area contributed by atoms with E-state index in [0.717, 1.165) is 9.87 Å². The molecule has 0 aromatic heterocycles. The summed E-state index contributed by atoms with van der Waals surface area (Å²) in [5.74, 6) is -0.540. The number of aryl methyl sites for hydroxylation is 1. The molecule has 1 aliphatic heterocycles. The molecule has 2 aromatic rings. The molecule has 1 heterocycles. The number of ether oxygens (including phenoxy) is 1. The van der Waals surface area contributed by atoms with Crippen LogP contribution in [0.3, 0.4) is 0 Å². The normalized spacial score (nSPS) is 15.7. The maximum Gasteiger partial charge on any atom is 0.243 e. The molecule has 9 nitrogen and oxygen atoms in total.